The summed E-state index contributed by atoms with van der Waals surface area (Å²) in [4.78, 5) is 0. The lowest BCUT2D eigenvalue weighted by molar-refractivity contribution is 0.794. The second-order valence-electron chi connectivity index (χ2n) is 16.7. The lowest BCUT2D eigenvalue weighted by atomic mass is 9.70. The van der Waals surface area contributed by atoms with Gasteiger partial charge in [0.15, 0.2) is 0 Å². The van der Waals surface area contributed by atoms with E-state index in [9.17, 15) is 0 Å². The lowest BCUT2D eigenvalue weighted by Gasteiger charge is -2.30. The van der Waals surface area contributed by atoms with Crippen molar-refractivity contribution in [3.8, 4) is 66.8 Å². The van der Waals surface area contributed by atoms with Crippen molar-refractivity contribution < 1.29 is 0 Å². The molecule has 0 radical (unpaired) electrons. The van der Waals surface area contributed by atoms with E-state index in [1.54, 1.807) is 0 Å². The highest BCUT2D eigenvalue weighted by atomic mass is 14.5. The van der Waals surface area contributed by atoms with Crippen molar-refractivity contribution in [3.63, 3.8) is 0 Å². The van der Waals surface area contributed by atoms with Gasteiger partial charge in [0.25, 0.3) is 0 Å². The monoisotopic (exact) mass is 770 g/mol. The molecule has 13 rings (SSSR count). The molecule has 0 atom stereocenters. The van der Waals surface area contributed by atoms with Gasteiger partial charge < -0.3 is 0 Å². The van der Waals surface area contributed by atoms with Crippen LogP contribution in [-0.4, -0.2) is 0 Å². The molecule has 0 bridgehead atoms. The summed E-state index contributed by atoms with van der Waals surface area (Å²) in [5, 5.41) is 7.53. The molecule has 0 heteroatoms. The minimum Gasteiger partial charge on any atom is -0.0622 e. The third kappa shape index (κ3) is 4.88. The molecule has 11 aromatic carbocycles. The van der Waals surface area contributed by atoms with E-state index in [2.05, 4.69) is 231 Å². The fourth-order valence-electron chi connectivity index (χ4n) is 11.1. The lowest BCUT2D eigenvalue weighted by Crippen LogP contribution is -2.25. The fourth-order valence-corrected chi connectivity index (χ4v) is 11.1. The van der Waals surface area contributed by atoms with Gasteiger partial charge in [-0.3, -0.25) is 0 Å². The van der Waals surface area contributed by atoms with Gasteiger partial charge in [-0.15, -0.1) is 0 Å². The molecule has 0 heterocycles. The summed E-state index contributed by atoms with van der Waals surface area (Å²) in [5.74, 6) is 0. The Balaban J connectivity index is 1.08. The van der Waals surface area contributed by atoms with E-state index in [-0.39, 0.29) is 0 Å². The van der Waals surface area contributed by atoms with E-state index >= 15 is 0 Å². The zero-order valence-corrected chi connectivity index (χ0v) is 33.4. The average Bonchev–Trinajstić information content (AvgIpc) is 3.80. The van der Waals surface area contributed by atoms with E-state index in [0.717, 1.165) is 0 Å². The highest BCUT2D eigenvalue weighted by Gasteiger charge is 2.51. The van der Waals surface area contributed by atoms with Crippen molar-refractivity contribution in [1.82, 2.24) is 0 Å². The Kier molecular flexibility index (Phi) is 7.32. The molecule has 2 aliphatic rings. The van der Waals surface area contributed by atoms with Crippen LogP contribution in [0.5, 0.6) is 0 Å². The third-order valence-corrected chi connectivity index (χ3v) is 13.6. The van der Waals surface area contributed by atoms with Gasteiger partial charge in [-0.1, -0.05) is 200 Å². The van der Waals surface area contributed by atoms with Crippen LogP contribution in [0.25, 0.3) is 99.1 Å². The molecule has 0 N–H and O–H groups in total. The van der Waals surface area contributed by atoms with Crippen molar-refractivity contribution in [3.05, 3.63) is 253 Å². The summed E-state index contributed by atoms with van der Waals surface area (Å²) in [6.07, 6.45) is 0. The molecule has 0 amide bonds. The predicted molar refractivity (Wildman–Crippen MR) is 257 cm³/mol. The van der Waals surface area contributed by atoms with Crippen LogP contribution in [0.1, 0.15) is 22.3 Å². The van der Waals surface area contributed by atoms with Gasteiger partial charge in [-0.2, -0.15) is 0 Å². The summed E-state index contributed by atoms with van der Waals surface area (Å²) in [6.45, 7) is 0. The molecule has 0 aliphatic heterocycles. The molecule has 0 aromatic heterocycles. The standard InChI is InChI=1S/C61H38/c1-2-16-39(17-3-1)44-35-45(42-32-33-50-49-22-12-15-29-57(49)61(58(50)38-42)55-27-13-10-20-47(55)48-21-11-14-28-56(48)61)37-46(36-44)60-53-25-8-6-23-51(53)59(52-24-7-9-26-54(52)60)43-31-30-40-18-4-5-19-41(40)34-43/h1-38H. The van der Waals surface area contributed by atoms with Crippen LogP contribution >= 0.6 is 0 Å². The molecule has 0 nitrogen and oxygen atoms in total. The number of rotatable bonds is 4. The largest absolute Gasteiger partial charge is 0.0725 e. The minimum absolute atomic E-state index is 0.403. The summed E-state index contributed by atoms with van der Waals surface area (Å²) in [5.41, 5.74) is 20.1. The SMILES string of the molecule is c1ccc(-c2cc(-c3ccc4c(c3)C3(c5ccccc5-c5ccccc53)c3ccccc3-4)cc(-c3c4ccccc4c(-c4ccc5ccccc5c4)c4ccccc34)c2)cc1. The van der Waals surface area contributed by atoms with Crippen LogP contribution < -0.4 is 0 Å². The maximum Gasteiger partial charge on any atom is 0.0725 e. The molecule has 2 aliphatic carbocycles. The summed E-state index contributed by atoms with van der Waals surface area (Å²) in [7, 11) is 0. The summed E-state index contributed by atoms with van der Waals surface area (Å²) in [6, 6.07) is 86.3. The average molecular weight is 771 g/mol. The van der Waals surface area contributed by atoms with Crippen LogP contribution in [0.2, 0.25) is 0 Å². The molecule has 1 spiro atoms. The first-order valence-corrected chi connectivity index (χ1v) is 21.3. The van der Waals surface area contributed by atoms with Gasteiger partial charge >= 0.3 is 0 Å². The quantitative estimate of drug-likeness (QED) is 0.156. The highest BCUT2D eigenvalue weighted by molar-refractivity contribution is 6.22. The number of hydrogen-bond acceptors (Lipinski definition) is 0. The van der Waals surface area contributed by atoms with Gasteiger partial charge in [0, 0.05) is 0 Å². The Hall–Kier alpha value is -7.80. The normalized spacial score (nSPS) is 13.0. The zero-order valence-electron chi connectivity index (χ0n) is 33.4. The first-order chi connectivity index (χ1) is 30.3. The molecule has 0 saturated heterocycles. The van der Waals surface area contributed by atoms with E-state index in [4.69, 9.17) is 0 Å². The number of hydrogen-bond donors (Lipinski definition) is 0. The van der Waals surface area contributed by atoms with Gasteiger partial charge in [-0.05, 0) is 152 Å². The van der Waals surface area contributed by atoms with Crippen molar-refractivity contribution in [2.45, 2.75) is 5.41 Å². The van der Waals surface area contributed by atoms with Crippen LogP contribution in [0.3, 0.4) is 0 Å². The molecule has 0 unspecified atom stereocenters. The topological polar surface area (TPSA) is 0 Å². The van der Waals surface area contributed by atoms with E-state index < -0.39 is 5.41 Å². The Morgan fingerprint density at radius 3 is 1.23 bits per heavy atom. The minimum atomic E-state index is -0.403. The van der Waals surface area contributed by atoms with Gasteiger partial charge in [0.1, 0.15) is 0 Å². The van der Waals surface area contributed by atoms with E-state index in [1.165, 1.54) is 121 Å². The maximum absolute atomic E-state index is 2.52. The Morgan fingerprint density at radius 2 is 0.639 bits per heavy atom. The van der Waals surface area contributed by atoms with Crippen LogP contribution in [0, 0.1) is 0 Å². The van der Waals surface area contributed by atoms with E-state index in [1.807, 2.05) is 0 Å². The van der Waals surface area contributed by atoms with Crippen molar-refractivity contribution in [2.75, 3.05) is 0 Å². The predicted octanol–water partition coefficient (Wildman–Crippen LogP) is 16.2. The van der Waals surface area contributed by atoms with Gasteiger partial charge in [0.2, 0.25) is 0 Å². The molecule has 11 aromatic rings. The van der Waals surface area contributed by atoms with Crippen LogP contribution in [0.15, 0.2) is 231 Å². The fraction of sp³-hybridized carbons (Fsp3) is 0.0164. The van der Waals surface area contributed by atoms with Crippen molar-refractivity contribution in [1.29, 1.82) is 0 Å². The number of fused-ring (bicyclic) bond motifs is 13. The van der Waals surface area contributed by atoms with Crippen molar-refractivity contribution in [2.24, 2.45) is 0 Å². The molecule has 0 fully saturated rings. The van der Waals surface area contributed by atoms with Crippen LogP contribution in [0.4, 0.5) is 0 Å². The van der Waals surface area contributed by atoms with Crippen LogP contribution in [-0.2, 0) is 5.41 Å². The molecule has 61 heavy (non-hydrogen) atoms. The van der Waals surface area contributed by atoms with E-state index in [0.29, 0.717) is 0 Å². The second-order valence-corrected chi connectivity index (χ2v) is 16.7. The van der Waals surface area contributed by atoms with Gasteiger partial charge in [0.05, 0.1) is 5.41 Å². The molecular weight excluding hydrogens is 733 g/mol. The molecule has 0 saturated carbocycles. The molecular formula is C61H38. The molecule has 282 valence electrons. The first-order valence-electron chi connectivity index (χ1n) is 21.3. The zero-order chi connectivity index (χ0) is 40.1. The maximum atomic E-state index is 2.52. The Bertz CT molecular complexity index is 3470. The summed E-state index contributed by atoms with van der Waals surface area (Å²) >= 11 is 0. The Labute approximate surface area is 355 Å². The Morgan fingerprint density at radius 1 is 0.213 bits per heavy atom. The number of benzene rings is 11. The smallest absolute Gasteiger partial charge is 0.0622 e. The second kappa shape index (κ2) is 13.1. The first kappa shape index (κ1) is 34.1. The highest BCUT2D eigenvalue weighted by Crippen LogP contribution is 2.63. The van der Waals surface area contributed by atoms with Crippen molar-refractivity contribution >= 4 is 32.3 Å². The van der Waals surface area contributed by atoms with Gasteiger partial charge in [-0.25, -0.2) is 0 Å². The summed E-state index contributed by atoms with van der Waals surface area (Å²) < 4.78 is 0. The third-order valence-electron chi connectivity index (χ3n) is 13.6.